The minimum Gasteiger partial charge on any atom is -0.399 e. The van der Waals surface area contributed by atoms with Crippen LogP contribution in [-0.2, 0) is 9.59 Å². The molecule has 0 atom stereocenters. The summed E-state index contributed by atoms with van der Waals surface area (Å²) in [5.74, 6) is -0.210. The number of nitrogen functional groups attached to an aromatic ring is 1. The molecule has 4 nitrogen and oxygen atoms in total. The van der Waals surface area contributed by atoms with E-state index in [1.54, 1.807) is 12.1 Å². The van der Waals surface area contributed by atoms with Crippen molar-refractivity contribution in [2.24, 2.45) is 5.41 Å². The molecule has 0 saturated carbocycles. The fourth-order valence-electron chi connectivity index (χ4n) is 2.71. The van der Waals surface area contributed by atoms with Crippen molar-refractivity contribution in [3.63, 3.8) is 0 Å². The number of carbonyl (C=O) groups is 2. The Kier molecular flexibility index (Phi) is 3.35. The Labute approximate surface area is 113 Å². The lowest BCUT2D eigenvalue weighted by atomic mass is 9.81. The van der Waals surface area contributed by atoms with Crippen molar-refractivity contribution in [1.29, 1.82) is 0 Å². The predicted octanol–water partition coefficient (Wildman–Crippen LogP) is 2.65. The fourth-order valence-corrected chi connectivity index (χ4v) is 2.71. The zero-order valence-electron chi connectivity index (χ0n) is 11.7. The molecule has 1 fully saturated rings. The molecule has 1 saturated heterocycles. The van der Waals surface area contributed by atoms with Crippen molar-refractivity contribution in [1.82, 2.24) is 0 Å². The summed E-state index contributed by atoms with van der Waals surface area (Å²) in [4.78, 5) is 26.2. The summed E-state index contributed by atoms with van der Waals surface area (Å²) in [5.41, 5.74) is 7.31. The maximum absolute atomic E-state index is 12.6. The van der Waals surface area contributed by atoms with E-state index in [-0.39, 0.29) is 11.8 Å². The first kappa shape index (κ1) is 13.6. The molecule has 2 amide bonds. The Morgan fingerprint density at radius 1 is 1.26 bits per heavy atom. The van der Waals surface area contributed by atoms with E-state index < -0.39 is 5.41 Å². The molecule has 1 aromatic carbocycles. The highest BCUT2D eigenvalue weighted by atomic mass is 16.2. The Bertz CT molecular complexity index is 533. The summed E-state index contributed by atoms with van der Waals surface area (Å²) in [6.07, 6.45) is 1.67. The minimum absolute atomic E-state index is 0.0869. The average molecular weight is 260 g/mol. The van der Waals surface area contributed by atoms with Crippen molar-refractivity contribution < 1.29 is 9.59 Å². The maximum atomic E-state index is 12.6. The molecule has 0 radical (unpaired) electrons. The number of nitrogens with two attached hydrogens (primary N) is 1. The second-order valence-electron chi connectivity index (χ2n) is 5.24. The lowest BCUT2D eigenvalue weighted by molar-refractivity contribution is -0.126. The second-order valence-corrected chi connectivity index (χ2v) is 5.24. The third-order valence-corrected chi connectivity index (χ3v) is 4.22. The van der Waals surface area contributed by atoms with Crippen LogP contribution in [0.4, 0.5) is 11.4 Å². The molecule has 0 unspecified atom stereocenters. The van der Waals surface area contributed by atoms with Crippen molar-refractivity contribution in [2.45, 2.75) is 40.0 Å². The Balaban J connectivity index is 2.49. The monoisotopic (exact) mass is 260 g/mol. The van der Waals surface area contributed by atoms with E-state index in [0.717, 1.165) is 5.56 Å². The fraction of sp³-hybridized carbons (Fsp3) is 0.467. The molecule has 1 aromatic rings. The molecule has 102 valence electrons. The molecule has 19 heavy (non-hydrogen) atoms. The summed E-state index contributed by atoms with van der Waals surface area (Å²) in [6, 6.07) is 5.31. The first-order valence-corrected chi connectivity index (χ1v) is 6.68. The number of aryl methyl sites for hydroxylation is 1. The van der Waals surface area contributed by atoms with Gasteiger partial charge >= 0.3 is 0 Å². The first-order valence-electron chi connectivity index (χ1n) is 6.68. The molecule has 2 N–H and O–H groups in total. The van der Waals surface area contributed by atoms with Gasteiger partial charge in [0.1, 0.15) is 0 Å². The van der Waals surface area contributed by atoms with Gasteiger partial charge in [-0.1, -0.05) is 19.9 Å². The van der Waals surface area contributed by atoms with Crippen LogP contribution >= 0.6 is 0 Å². The van der Waals surface area contributed by atoms with Gasteiger partial charge in [-0.2, -0.15) is 0 Å². The van der Waals surface area contributed by atoms with Crippen LogP contribution in [0.2, 0.25) is 0 Å². The van der Waals surface area contributed by atoms with Crippen LogP contribution in [0.15, 0.2) is 18.2 Å². The third-order valence-electron chi connectivity index (χ3n) is 4.22. The summed E-state index contributed by atoms with van der Waals surface area (Å²) < 4.78 is 0. The van der Waals surface area contributed by atoms with Crippen molar-refractivity contribution in [3.05, 3.63) is 23.8 Å². The first-order chi connectivity index (χ1) is 8.95. The molecule has 1 heterocycles. The van der Waals surface area contributed by atoms with Crippen molar-refractivity contribution >= 4 is 23.2 Å². The number of carbonyl (C=O) groups excluding carboxylic acids is 2. The van der Waals surface area contributed by atoms with Crippen LogP contribution in [0.1, 0.15) is 38.7 Å². The van der Waals surface area contributed by atoms with Gasteiger partial charge in [0.25, 0.3) is 0 Å². The molecule has 1 aliphatic heterocycles. The van der Waals surface area contributed by atoms with Crippen LogP contribution in [0.3, 0.4) is 0 Å². The van der Waals surface area contributed by atoms with Gasteiger partial charge in [-0.05, 0) is 37.5 Å². The number of benzene rings is 1. The Hall–Kier alpha value is -1.84. The summed E-state index contributed by atoms with van der Waals surface area (Å²) in [6.45, 7) is 5.81. The van der Waals surface area contributed by atoms with Gasteiger partial charge in [-0.15, -0.1) is 0 Å². The normalized spacial score (nSPS) is 18.2. The van der Waals surface area contributed by atoms with Crippen LogP contribution < -0.4 is 10.6 Å². The van der Waals surface area contributed by atoms with Crippen LogP contribution in [-0.4, -0.2) is 11.8 Å². The number of amides is 2. The zero-order valence-corrected chi connectivity index (χ0v) is 11.7. The topological polar surface area (TPSA) is 63.4 Å². The number of rotatable bonds is 3. The zero-order chi connectivity index (χ0) is 14.2. The molecule has 0 aliphatic carbocycles. The summed E-state index contributed by atoms with van der Waals surface area (Å²) in [7, 11) is 0. The number of hydrogen-bond acceptors (Lipinski definition) is 3. The molecule has 1 aliphatic rings. The second kappa shape index (κ2) is 4.68. The smallest absolute Gasteiger partial charge is 0.240 e. The van der Waals surface area contributed by atoms with Gasteiger partial charge < -0.3 is 5.73 Å². The van der Waals surface area contributed by atoms with E-state index in [0.29, 0.717) is 30.6 Å². The average Bonchev–Trinajstić information content (AvgIpc) is 2.64. The molecule has 0 aromatic heterocycles. The van der Waals surface area contributed by atoms with Gasteiger partial charge in [-0.3, -0.25) is 9.59 Å². The van der Waals surface area contributed by atoms with Crippen LogP contribution in [0.5, 0.6) is 0 Å². The number of anilines is 2. The van der Waals surface area contributed by atoms with Crippen LogP contribution in [0, 0.1) is 12.3 Å². The SMILES string of the molecule is CCC1(CC)CC(=O)N(c2cc(N)ccc2C)C1=O. The number of nitrogens with zero attached hydrogens (tertiary/aromatic N) is 1. The molecule has 0 bridgehead atoms. The van der Waals surface area contributed by atoms with E-state index in [9.17, 15) is 9.59 Å². The number of imide groups is 1. The summed E-state index contributed by atoms with van der Waals surface area (Å²) >= 11 is 0. The van der Waals surface area contributed by atoms with Crippen molar-refractivity contribution in [3.8, 4) is 0 Å². The van der Waals surface area contributed by atoms with Crippen molar-refractivity contribution in [2.75, 3.05) is 10.6 Å². The third kappa shape index (κ3) is 2.01. The maximum Gasteiger partial charge on any atom is 0.240 e. The molecular formula is C15H20N2O2. The van der Waals surface area contributed by atoms with Crippen LogP contribution in [0.25, 0.3) is 0 Å². The highest BCUT2D eigenvalue weighted by Gasteiger charge is 2.49. The predicted molar refractivity (Wildman–Crippen MR) is 75.7 cm³/mol. The van der Waals surface area contributed by atoms with E-state index in [1.807, 2.05) is 26.8 Å². The summed E-state index contributed by atoms with van der Waals surface area (Å²) in [5, 5.41) is 0. The van der Waals surface area contributed by atoms with E-state index in [1.165, 1.54) is 4.90 Å². The highest BCUT2D eigenvalue weighted by molar-refractivity contribution is 6.23. The highest BCUT2D eigenvalue weighted by Crippen LogP contribution is 2.42. The quantitative estimate of drug-likeness (QED) is 0.671. The van der Waals surface area contributed by atoms with E-state index in [4.69, 9.17) is 5.73 Å². The number of hydrogen-bond donors (Lipinski definition) is 1. The van der Waals surface area contributed by atoms with Gasteiger partial charge in [0.15, 0.2) is 0 Å². The molecular weight excluding hydrogens is 240 g/mol. The molecule has 2 rings (SSSR count). The standard InChI is InChI=1S/C15H20N2O2/c1-4-15(5-2)9-13(18)17(14(15)19)12-8-11(16)7-6-10(12)3/h6-8H,4-5,9,16H2,1-3H3. The lowest BCUT2D eigenvalue weighted by Crippen LogP contribution is -2.35. The van der Waals surface area contributed by atoms with E-state index in [2.05, 4.69) is 0 Å². The van der Waals surface area contributed by atoms with Gasteiger partial charge in [0, 0.05) is 12.1 Å². The van der Waals surface area contributed by atoms with E-state index >= 15 is 0 Å². The van der Waals surface area contributed by atoms with Gasteiger partial charge in [-0.25, -0.2) is 4.90 Å². The lowest BCUT2D eigenvalue weighted by Gasteiger charge is -2.24. The molecule has 4 heteroatoms. The minimum atomic E-state index is -0.534. The largest absolute Gasteiger partial charge is 0.399 e. The van der Waals surface area contributed by atoms with Gasteiger partial charge in [0.05, 0.1) is 11.1 Å². The van der Waals surface area contributed by atoms with Gasteiger partial charge in [0.2, 0.25) is 11.8 Å². The Morgan fingerprint density at radius 3 is 2.42 bits per heavy atom. The Morgan fingerprint density at radius 2 is 1.89 bits per heavy atom. The molecule has 0 spiro atoms.